The summed E-state index contributed by atoms with van der Waals surface area (Å²) in [7, 11) is 0.994. The highest BCUT2D eigenvalue weighted by Crippen LogP contribution is 2.37. The summed E-state index contributed by atoms with van der Waals surface area (Å²) in [5.74, 6) is -0.303. The molecule has 0 saturated heterocycles. The Morgan fingerprint density at radius 2 is 1.85 bits per heavy atom. The second kappa shape index (κ2) is 4.94. The third-order valence-electron chi connectivity index (χ3n) is 3.41. The Morgan fingerprint density at radius 3 is 2.40 bits per heavy atom. The second-order valence-corrected chi connectivity index (χ2v) is 6.79. The van der Waals surface area contributed by atoms with Crippen molar-refractivity contribution in [2.45, 2.75) is 18.2 Å². The van der Waals surface area contributed by atoms with Crippen molar-refractivity contribution in [1.29, 1.82) is 0 Å². The number of allylic oxidation sites excluding steroid dienone is 1. The van der Waals surface area contributed by atoms with Crippen LogP contribution in [0, 0.1) is 0 Å². The van der Waals surface area contributed by atoms with Crippen LogP contribution in [0.1, 0.15) is 18.9 Å². The van der Waals surface area contributed by atoms with E-state index in [-0.39, 0.29) is 16.5 Å². The summed E-state index contributed by atoms with van der Waals surface area (Å²) < 4.78 is 26.1. The number of benzene rings is 1. The van der Waals surface area contributed by atoms with Crippen molar-refractivity contribution >= 4 is 21.5 Å². The van der Waals surface area contributed by atoms with Crippen LogP contribution in [0.15, 0.2) is 34.9 Å². The maximum Gasteiger partial charge on any atom is 0.270 e. The standard InChI is InChI=1S/C14H18N2O3S/c1-5-10-11-8-6-7-9-12(11)20(18,19)16(4)13(10)14(17)15(2)3/h6-9H,5H2,1-4H3. The number of carbonyl (C=O) groups excluding carboxylic acids is 1. The Labute approximate surface area is 119 Å². The van der Waals surface area contributed by atoms with Gasteiger partial charge in [0.05, 0.1) is 4.90 Å². The fraction of sp³-hybridized carbons (Fsp3) is 0.357. The Morgan fingerprint density at radius 1 is 1.25 bits per heavy atom. The van der Waals surface area contributed by atoms with Gasteiger partial charge in [0.25, 0.3) is 15.9 Å². The number of carbonyl (C=O) groups is 1. The van der Waals surface area contributed by atoms with Gasteiger partial charge in [0.15, 0.2) is 0 Å². The van der Waals surface area contributed by atoms with E-state index in [4.69, 9.17) is 0 Å². The second-order valence-electron chi connectivity index (χ2n) is 4.85. The van der Waals surface area contributed by atoms with Gasteiger partial charge in [0.1, 0.15) is 5.70 Å². The maximum atomic E-state index is 12.5. The van der Waals surface area contributed by atoms with Crippen LogP contribution in [0.2, 0.25) is 0 Å². The van der Waals surface area contributed by atoms with Gasteiger partial charge in [-0.3, -0.25) is 9.10 Å². The number of likely N-dealkylation sites (N-methyl/N-ethyl adjacent to an activating group) is 2. The Balaban J connectivity index is 2.83. The molecule has 6 heteroatoms. The molecule has 0 fully saturated rings. The predicted octanol–water partition coefficient (Wildman–Crippen LogP) is 1.53. The molecule has 20 heavy (non-hydrogen) atoms. The molecule has 5 nitrogen and oxygen atoms in total. The van der Waals surface area contributed by atoms with Crippen LogP contribution in [0.5, 0.6) is 0 Å². The first-order chi connectivity index (χ1) is 9.32. The molecule has 0 bridgehead atoms. The largest absolute Gasteiger partial charge is 0.343 e. The van der Waals surface area contributed by atoms with E-state index in [2.05, 4.69) is 0 Å². The van der Waals surface area contributed by atoms with Crippen molar-refractivity contribution in [3.05, 3.63) is 35.5 Å². The first-order valence-electron chi connectivity index (χ1n) is 6.35. The van der Waals surface area contributed by atoms with Crippen molar-refractivity contribution < 1.29 is 13.2 Å². The summed E-state index contributed by atoms with van der Waals surface area (Å²) in [6, 6.07) is 6.80. The molecular weight excluding hydrogens is 276 g/mol. The van der Waals surface area contributed by atoms with Crippen molar-refractivity contribution in [3.63, 3.8) is 0 Å². The first kappa shape index (κ1) is 14.6. The summed E-state index contributed by atoms with van der Waals surface area (Å²) in [5.41, 5.74) is 1.62. The predicted molar refractivity (Wildman–Crippen MR) is 77.3 cm³/mol. The highest BCUT2D eigenvalue weighted by Gasteiger charge is 2.36. The summed E-state index contributed by atoms with van der Waals surface area (Å²) >= 11 is 0. The van der Waals surface area contributed by atoms with Crippen molar-refractivity contribution in [1.82, 2.24) is 9.21 Å². The number of hydrogen-bond donors (Lipinski definition) is 0. The summed E-state index contributed by atoms with van der Waals surface area (Å²) in [4.78, 5) is 14.0. The zero-order chi connectivity index (χ0) is 15.1. The molecule has 0 aromatic heterocycles. The average molecular weight is 294 g/mol. The molecule has 0 aliphatic carbocycles. The monoisotopic (exact) mass is 294 g/mol. The van der Waals surface area contributed by atoms with Crippen LogP contribution in [0.25, 0.3) is 5.57 Å². The molecule has 1 aliphatic heterocycles. The van der Waals surface area contributed by atoms with Crippen molar-refractivity contribution in [2.75, 3.05) is 21.1 Å². The molecule has 2 rings (SSSR count). The average Bonchev–Trinajstić information content (AvgIpc) is 2.42. The van der Waals surface area contributed by atoms with Gasteiger partial charge in [-0.25, -0.2) is 8.42 Å². The Kier molecular flexibility index (Phi) is 3.60. The van der Waals surface area contributed by atoms with E-state index >= 15 is 0 Å². The van der Waals surface area contributed by atoms with Gasteiger partial charge in [-0.1, -0.05) is 25.1 Å². The number of hydrogen-bond acceptors (Lipinski definition) is 3. The number of fused-ring (bicyclic) bond motifs is 1. The molecule has 0 unspecified atom stereocenters. The van der Waals surface area contributed by atoms with Crippen LogP contribution in [-0.2, 0) is 14.8 Å². The minimum atomic E-state index is -3.66. The number of sulfonamides is 1. The normalized spacial score (nSPS) is 16.9. The van der Waals surface area contributed by atoms with Gasteiger partial charge < -0.3 is 4.90 Å². The molecule has 108 valence electrons. The third-order valence-corrected chi connectivity index (χ3v) is 5.23. The van der Waals surface area contributed by atoms with Crippen molar-refractivity contribution in [3.8, 4) is 0 Å². The molecule has 1 amide bonds. The minimum Gasteiger partial charge on any atom is -0.343 e. The first-order valence-corrected chi connectivity index (χ1v) is 7.79. The zero-order valence-corrected chi connectivity index (χ0v) is 12.9. The van der Waals surface area contributed by atoms with E-state index in [1.54, 1.807) is 38.4 Å². The number of nitrogens with zero attached hydrogens (tertiary/aromatic N) is 2. The molecule has 1 aliphatic rings. The molecule has 0 N–H and O–H groups in total. The van der Waals surface area contributed by atoms with Gasteiger partial charge >= 0.3 is 0 Å². The number of rotatable bonds is 2. The summed E-state index contributed by atoms with van der Waals surface area (Å²) in [6.45, 7) is 1.92. The zero-order valence-electron chi connectivity index (χ0n) is 12.0. The maximum absolute atomic E-state index is 12.5. The van der Waals surface area contributed by atoms with E-state index < -0.39 is 10.0 Å². The minimum absolute atomic E-state index is 0.233. The number of amides is 1. The molecule has 0 radical (unpaired) electrons. The summed E-state index contributed by atoms with van der Waals surface area (Å²) in [5, 5.41) is 0. The molecule has 0 saturated carbocycles. The third kappa shape index (κ3) is 2.00. The van der Waals surface area contributed by atoms with Crippen LogP contribution in [-0.4, -0.2) is 44.7 Å². The van der Waals surface area contributed by atoms with Gasteiger partial charge in [0.2, 0.25) is 0 Å². The Hall–Kier alpha value is -1.82. The lowest BCUT2D eigenvalue weighted by Crippen LogP contribution is -2.39. The lowest BCUT2D eigenvalue weighted by molar-refractivity contribution is -0.125. The fourth-order valence-corrected chi connectivity index (χ4v) is 3.80. The fourth-order valence-electron chi connectivity index (χ4n) is 2.36. The van der Waals surface area contributed by atoms with Gasteiger partial charge in [-0.05, 0) is 18.1 Å². The van der Waals surface area contributed by atoms with Gasteiger partial charge in [0, 0.05) is 26.7 Å². The van der Waals surface area contributed by atoms with Gasteiger partial charge in [-0.2, -0.15) is 0 Å². The van der Waals surface area contributed by atoms with E-state index in [0.29, 0.717) is 12.0 Å². The lowest BCUT2D eigenvalue weighted by atomic mass is 10.00. The molecule has 0 atom stereocenters. The molecule has 0 spiro atoms. The highest BCUT2D eigenvalue weighted by atomic mass is 32.2. The van der Waals surface area contributed by atoms with Crippen LogP contribution < -0.4 is 0 Å². The Bertz CT molecular complexity index is 690. The van der Waals surface area contributed by atoms with Gasteiger partial charge in [-0.15, -0.1) is 0 Å². The quantitative estimate of drug-likeness (QED) is 0.831. The summed E-state index contributed by atoms with van der Waals surface area (Å²) in [6.07, 6.45) is 0.589. The molecule has 1 aromatic carbocycles. The van der Waals surface area contributed by atoms with E-state index in [9.17, 15) is 13.2 Å². The SMILES string of the molecule is CCC1=C(C(=O)N(C)C)N(C)S(=O)(=O)c2ccccc21. The molecule has 1 heterocycles. The van der Waals surface area contributed by atoms with Crippen LogP contribution in [0.4, 0.5) is 0 Å². The van der Waals surface area contributed by atoms with E-state index in [1.165, 1.54) is 11.9 Å². The highest BCUT2D eigenvalue weighted by molar-refractivity contribution is 7.89. The molecular formula is C14H18N2O3S. The lowest BCUT2D eigenvalue weighted by Gasteiger charge is -2.31. The van der Waals surface area contributed by atoms with E-state index in [1.807, 2.05) is 6.92 Å². The van der Waals surface area contributed by atoms with E-state index in [0.717, 1.165) is 9.88 Å². The molecule has 1 aromatic rings. The topological polar surface area (TPSA) is 57.7 Å². The van der Waals surface area contributed by atoms with Crippen molar-refractivity contribution in [2.24, 2.45) is 0 Å². The smallest absolute Gasteiger partial charge is 0.270 e. The van der Waals surface area contributed by atoms with Crippen LogP contribution in [0.3, 0.4) is 0 Å². The van der Waals surface area contributed by atoms with Crippen LogP contribution >= 0.6 is 0 Å².